The number of nitrogens with zero attached hydrogens (tertiary/aromatic N) is 1. The van der Waals surface area contributed by atoms with Gasteiger partial charge in [0.2, 0.25) is 11.8 Å². The molecule has 3 N–H and O–H groups in total. The van der Waals surface area contributed by atoms with Gasteiger partial charge in [-0.15, -0.1) is 6.42 Å². The van der Waals surface area contributed by atoms with Crippen LogP contribution in [0, 0.1) is 12.3 Å². The van der Waals surface area contributed by atoms with Crippen LogP contribution in [0.15, 0.2) is 24.3 Å². The first kappa shape index (κ1) is 18.3. The number of urea groups is 1. The standard InChI is InChI=1S/C18H22N4O3/c1-3-10-19-16(23)12-20-18(25)21-13(2)14-6-8-15(9-7-14)22-11-4-5-17(22)24/h1,6-9,13H,4-5,10-12H2,2H3,(H,19,23)(H2,20,21,25). The average Bonchev–Trinajstić information content (AvgIpc) is 3.04. The molecule has 0 aromatic heterocycles. The van der Waals surface area contributed by atoms with Crippen LogP contribution in [0.5, 0.6) is 0 Å². The summed E-state index contributed by atoms with van der Waals surface area (Å²) in [7, 11) is 0. The van der Waals surface area contributed by atoms with Crippen molar-refractivity contribution in [3.63, 3.8) is 0 Å². The van der Waals surface area contributed by atoms with Crippen molar-refractivity contribution >= 4 is 23.5 Å². The second-order valence-electron chi connectivity index (χ2n) is 5.77. The van der Waals surface area contributed by atoms with Gasteiger partial charge in [-0.3, -0.25) is 9.59 Å². The Hall–Kier alpha value is -3.01. The third-order valence-corrected chi connectivity index (χ3v) is 3.92. The summed E-state index contributed by atoms with van der Waals surface area (Å²) in [6, 6.07) is 6.83. The Kier molecular flexibility index (Phi) is 6.40. The molecule has 1 fully saturated rings. The Balaban J connectivity index is 1.83. The molecule has 0 spiro atoms. The fourth-order valence-electron chi connectivity index (χ4n) is 2.57. The van der Waals surface area contributed by atoms with Crippen molar-refractivity contribution in [2.75, 3.05) is 24.5 Å². The first-order chi connectivity index (χ1) is 12.0. The first-order valence-electron chi connectivity index (χ1n) is 8.16. The molecule has 1 aliphatic heterocycles. The largest absolute Gasteiger partial charge is 0.344 e. The van der Waals surface area contributed by atoms with Gasteiger partial charge in [0.1, 0.15) is 0 Å². The predicted molar refractivity (Wildman–Crippen MR) is 94.8 cm³/mol. The van der Waals surface area contributed by atoms with Crippen molar-refractivity contribution in [1.29, 1.82) is 0 Å². The summed E-state index contributed by atoms with van der Waals surface area (Å²) in [4.78, 5) is 36.7. The van der Waals surface area contributed by atoms with E-state index in [1.807, 2.05) is 31.2 Å². The van der Waals surface area contributed by atoms with E-state index in [0.29, 0.717) is 6.42 Å². The normalized spacial score (nSPS) is 14.6. The van der Waals surface area contributed by atoms with Gasteiger partial charge in [0, 0.05) is 18.7 Å². The smallest absolute Gasteiger partial charge is 0.315 e. The number of benzene rings is 1. The molecule has 7 heteroatoms. The lowest BCUT2D eigenvalue weighted by atomic mass is 10.1. The van der Waals surface area contributed by atoms with Crippen LogP contribution in [-0.2, 0) is 9.59 Å². The van der Waals surface area contributed by atoms with Crippen molar-refractivity contribution < 1.29 is 14.4 Å². The van der Waals surface area contributed by atoms with E-state index in [-0.39, 0.29) is 30.9 Å². The van der Waals surface area contributed by atoms with Gasteiger partial charge < -0.3 is 20.9 Å². The van der Waals surface area contributed by atoms with Crippen LogP contribution in [0.4, 0.5) is 10.5 Å². The Morgan fingerprint density at radius 2 is 2.00 bits per heavy atom. The molecule has 0 radical (unpaired) electrons. The van der Waals surface area contributed by atoms with Crippen LogP contribution in [0.2, 0.25) is 0 Å². The monoisotopic (exact) mass is 342 g/mol. The summed E-state index contributed by atoms with van der Waals surface area (Å²) in [5.74, 6) is 2.08. The SMILES string of the molecule is C#CCNC(=O)CNC(=O)NC(C)c1ccc(N2CCCC2=O)cc1. The minimum absolute atomic E-state index is 0.129. The number of terminal acetylenes is 1. The number of hydrogen-bond acceptors (Lipinski definition) is 3. The van der Waals surface area contributed by atoms with Crippen molar-refractivity contribution in [2.45, 2.75) is 25.8 Å². The first-order valence-corrected chi connectivity index (χ1v) is 8.16. The molecular weight excluding hydrogens is 320 g/mol. The fourth-order valence-corrected chi connectivity index (χ4v) is 2.57. The maximum Gasteiger partial charge on any atom is 0.315 e. The molecule has 1 saturated heterocycles. The molecule has 0 saturated carbocycles. The molecule has 1 aromatic carbocycles. The highest BCUT2D eigenvalue weighted by Crippen LogP contribution is 2.23. The number of anilines is 1. The highest BCUT2D eigenvalue weighted by Gasteiger charge is 2.21. The average molecular weight is 342 g/mol. The minimum atomic E-state index is -0.442. The van der Waals surface area contributed by atoms with Gasteiger partial charge in [0.15, 0.2) is 0 Å². The third kappa shape index (κ3) is 5.24. The van der Waals surface area contributed by atoms with E-state index in [2.05, 4.69) is 21.9 Å². The molecule has 7 nitrogen and oxygen atoms in total. The van der Waals surface area contributed by atoms with Crippen LogP contribution >= 0.6 is 0 Å². The van der Waals surface area contributed by atoms with Crippen LogP contribution in [-0.4, -0.2) is 37.5 Å². The zero-order valence-corrected chi connectivity index (χ0v) is 14.2. The van der Waals surface area contributed by atoms with E-state index in [1.54, 1.807) is 4.90 Å². The number of carbonyl (C=O) groups is 3. The predicted octanol–water partition coefficient (Wildman–Crippen LogP) is 0.923. The van der Waals surface area contributed by atoms with Crippen molar-refractivity contribution in [3.05, 3.63) is 29.8 Å². The number of rotatable bonds is 6. The molecule has 0 aliphatic carbocycles. The maximum absolute atomic E-state index is 11.8. The summed E-state index contributed by atoms with van der Waals surface area (Å²) >= 11 is 0. The Morgan fingerprint density at radius 1 is 1.28 bits per heavy atom. The van der Waals surface area contributed by atoms with E-state index in [9.17, 15) is 14.4 Å². The van der Waals surface area contributed by atoms with Crippen molar-refractivity contribution in [2.24, 2.45) is 0 Å². The van der Waals surface area contributed by atoms with E-state index in [1.165, 1.54) is 0 Å². The summed E-state index contributed by atoms with van der Waals surface area (Å²) in [5.41, 5.74) is 1.77. The summed E-state index contributed by atoms with van der Waals surface area (Å²) in [6.07, 6.45) is 6.51. The summed E-state index contributed by atoms with van der Waals surface area (Å²) < 4.78 is 0. The molecule has 1 unspecified atom stereocenters. The van der Waals surface area contributed by atoms with Crippen molar-refractivity contribution in [1.82, 2.24) is 16.0 Å². The lowest BCUT2D eigenvalue weighted by Gasteiger charge is -2.18. The van der Waals surface area contributed by atoms with Gasteiger partial charge in [-0.1, -0.05) is 18.1 Å². The van der Waals surface area contributed by atoms with Crippen LogP contribution in [0.25, 0.3) is 0 Å². The Morgan fingerprint density at radius 3 is 2.60 bits per heavy atom. The fraction of sp³-hybridized carbons (Fsp3) is 0.389. The molecule has 2 rings (SSSR count). The molecular formula is C18H22N4O3. The summed E-state index contributed by atoms with van der Waals surface area (Å²) in [5, 5.41) is 7.68. The van der Waals surface area contributed by atoms with E-state index in [0.717, 1.165) is 24.2 Å². The van der Waals surface area contributed by atoms with Crippen LogP contribution in [0.3, 0.4) is 0 Å². The number of nitrogens with one attached hydrogen (secondary N) is 3. The zero-order valence-electron chi connectivity index (χ0n) is 14.2. The number of hydrogen-bond donors (Lipinski definition) is 3. The lowest BCUT2D eigenvalue weighted by Crippen LogP contribution is -2.42. The Labute approximate surface area is 147 Å². The highest BCUT2D eigenvalue weighted by atomic mass is 16.2. The van der Waals surface area contributed by atoms with E-state index >= 15 is 0 Å². The topological polar surface area (TPSA) is 90.5 Å². The molecule has 4 amide bonds. The van der Waals surface area contributed by atoms with Crippen LogP contribution in [0.1, 0.15) is 31.4 Å². The molecule has 132 valence electrons. The zero-order chi connectivity index (χ0) is 18.2. The molecule has 1 aromatic rings. The number of carbonyl (C=O) groups excluding carboxylic acids is 3. The molecule has 1 aliphatic rings. The van der Waals surface area contributed by atoms with Gasteiger partial charge in [-0.2, -0.15) is 0 Å². The summed E-state index contributed by atoms with van der Waals surface area (Å²) in [6.45, 7) is 2.57. The second-order valence-corrected chi connectivity index (χ2v) is 5.77. The van der Waals surface area contributed by atoms with E-state index in [4.69, 9.17) is 6.42 Å². The molecule has 1 heterocycles. The second kappa shape index (κ2) is 8.73. The Bertz CT molecular complexity index is 679. The van der Waals surface area contributed by atoms with Gasteiger partial charge in [-0.05, 0) is 31.0 Å². The van der Waals surface area contributed by atoms with Gasteiger partial charge in [-0.25, -0.2) is 4.79 Å². The van der Waals surface area contributed by atoms with Gasteiger partial charge in [0.05, 0.1) is 19.1 Å². The van der Waals surface area contributed by atoms with Gasteiger partial charge in [0.25, 0.3) is 0 Å². The third-order valence-electron chi connectivity index (χ3n) is 3.92. The van der Waals surface area contributed by atoms with E-state index < -0.39 is 6.03 Å². The highest BCUT2D eigenvalue weighted by molar-refractivity contribution is 5.95. The minimum Gasteiger partial charge on any atom is -0.344 e. The van der Waals surface area contributed by atoms with Crippen LogP contribution < -0.4 is 20.9 Å². The molecule has 25 heavy (non-hydrogen) atoms. The molecule has 0 bridgehead atoms. The quantitative estimate of drug-likeness (QED) is 0.672. The van der Waals surface area contributed by atoms with Gasteiger partial charge >= 0.3 is 6.03 Å². The van der Waals surface area contributed by atoms with Crippen molar-refractivity contribution in [3.8, 4) is 12.3 Å². The number of amides is 4. The maximum atomic E-state index is 11.8. The molecule has 1 atom stereocenters. The lowest BCUT2D eigenvalue weighted by molar-refractivity contribution is -0.120.